The van der Waals surface area contributed by atoms with Gasteiger partial charge in [-0.1, -0.05) is 23.7 Å². The molecule has 0 unspecified atom stereocenters. The number of rotatable bonds is 8. The fraction of sp³-hybridized carbons (Fsp3) is 0.190. The molecule has 0 aliphatic heterocycles. The van der Waals surface area contributed by atoms with E-state index in [2.05, 4.69) is 10.0 Å². The molecule has 0 spiro atoms. The molecule has 0 radical (unpaired) electrons. The highest BCUT2D eigenvalue weighted by Gasteiger charge is 2.21. The number of sulfonamides is 1. The molecular formula is C21H21ClN2O4S2. The molecule has 1 aromatic heterocycles. The Morgan fingerprint density at radius 3 is 2.43 bits per heavy atom. The Kier molecular flexibility index (Phi) is 7.14. The lowest BCUT2D eigenvalue weighted by Gasteiger charge is -2.13. The van der Waals surface area contributed by atoms with Gasteiger partial charge < -0.3 is 10.1 Å². The zero-order valence-electron chi connectivity index (χ0n) is 16.4. The van der Waals surface area contributed by atoms with Gasteiger partial charge in [0.15, 0.2) is 0 Å². The first-order chi connectivity index (χ1) is 14.3. The maximum Gasteiger partial charge on any atom is 0.251 e. The molecule has 6 nitrogen and oxygen atoms in total. The predicted molar refractivity (Wildman–Crippen MR) is 119 cm³/mol. The summed E-state index contributed by atoms with van der Waals surface area (Å²) < 4.78 is 33.5. The van der Waals surface area contributed by atoms with Gasteiger partial charge in [-0.15, -0.1) is 11.3 Å². The van der Waals surface area contributed by atoms with Crippen molar-refractivity contribution < 1.29 is 17.9 Å². The summed E-state index contributed by atoms with van der Waals surface area (Å²) in [6.07, 6.45) is 0. The zero-order valence-corrected chi connectivity index (χ0v) is 18.8. The number of nitrogens with one attached hydrogen (secondary N) is 2. The third-order valence-electron chi connectivity index (χ3n) is 4.31. The molecule has 9 heteroatoms. The summed E-state index contributed by atoms with van der Waals surface area (Å²) in [6.45, 7) is 2.45. The van der Waals surface area contributed by atoms with Crippen molar-refractivity contribution in [1.82, 2.24) is 10.0 Å². The molecule has 0 aliphatic rings. The van der Waals surface area contributed by atoms with Gasteiger partial charge in [-0.05, 0) is 55.0 Å². The first kappa shape index (κ1) is 22.3. The Balaban J connectivity index is 1.76. The van der Waals surface area contributed by atoms with E-state index in [0.717, 1.165) is 15.3 Å². The van der Waals surface area contributed by atoms with Gasteiger partial charge in [0.05, 0.1) is 13.7 Å². The Bertz CT molecular complexity index is 1140. The number of ether oxygens (including phenoxy) is 1. The van der Waals surface area contributed by atoms with Gasteiger partial charge in [0.1, 0.15) is 10.6 Å². The lowest BCUT2D eigenvalue weighted by molar-refractivity contribution is 0.0951. The molecule has 3 rings (SSSR count). The monoisotopic (exact) mass is 464 g/mol. The van der Waals surface area contributed by atoms with Crippen LogP contribution < -0.4 is 14.8 Å². The van der Waals surface area contributed by atoms with Gasteiger partial charge >= 0.3 is 0 Å². The number of methoxy groups -OCH3 is 1. The van der Waals surface area contributed by atoms with Crippen molar-refractivity contribution in [1.29, 1.82) is 0 Å². The van der Waals surface area contributed by atoms with Crippen LogP contribution in [0.5, 0.6) is 5.75 Å². The third kappa shape index (κ3) is 5.60. The van der Waals surface area contributed by atoms with Crippen LogP contribution >= 0.6 is 22.9 Å². The average Bonchev–Trinajstić information content (AvgIpc) is 3.16. The van der Waals surface area contributed by atoms with Crippen molar-refractivity contribution in [2.24, 2.45) is 0 Å². The fourth-order valence-corrected chi connectivity index (χ4v) is 4.90. The molecule has 30 heavy (non-hydrogen) atoms. The van der Waals surface area contributed by atoms with E-state index in [9.17, 15) is 13.2 Å². The smallest absolute Gasteiger partial charge is 0.251 e. The lowest BCUT2D eigenvalue weighted by Crippen LogP contribution is -2.25. The summed E-state index contributed by atoms with van der Waals surface area (Å²) in [6, 6.07) is 15.1. The molecule has 0 bridgehead atoms. The second-order valence-corrected chi connectivity index (χ2v) is 10.1. The van der Waals surface area contributed by atoms with Crippen LogP contribution in [-0.4, -0.2) is 21.4 Å². The maximum atomic E-state index is 12.9. The molecule has 158 valence electrons. The Morgan fingerprint density at radius 2 is 1.80 bits per heavy atom. The summed E-state index contributed by atoms with van der Waals surface area (Å²) in [4.78, 5) is 14.6. The van der Waals surface area contributed by atoms with Crippen LogP contribution in [0.3, 0.4) is 0 Å². The second kappa shape index (κ2) is 9.61. The number of hydrogen-bond donors (Lipinski definition) is 2. The predicted octanol–water partition coefficient (Wildman–Crippen LogP) is 4.13. The molecule has 2 aromatic carbocycles. The van der Waals surface area contributed by atoms with E-state index in [0.29, 0.717) is 11.6 Å². The van der Waals surface area contributed by atoms with E-state index in [1.165, 1.54) is 25.3 Å². The van der Waals surface area contributed by atoms with Crippen LogP contribution in [0, 0.1) is 6.92 Å². The van der Waals surface area contributed by atoms with Crippen LogP contribution in [-0.2, 0) is 23.1 Å². The Hall–Kier alpha value is -2.39. The minimum Gasteiger partial charge on any atom is -0.495 e. The van der Waals surface area contributed by atoms with Crippen LogP contribution in [0.15, 0.2) is 59.5 Å². The number of carbonyl (C=O) groups excluding carboxylic acids is 1. The van der Waals surface area contributed by atoms with Crippen LogP contribution in [0.1, 0.15) is 25.7 Å². The van der Waals surface area contributed by atoms with E-state index in [1.54, 1.807) is 35.6 Å². The first-order valence-electron chi connectivity index (χ1n) is 9.04. The van der Waals surface area contributed by atoms with Crippen molar-refractivity contribution in [3.05, 3.63) is 80.5 Å². The van der Waals surface area contributed by atoms with Crippen LogP contribution in [0.2, 0.25) is 5.02 Å². The van der Waals surface area contributed by atoms with Gasteiger partial charge in [-0.25, -0.2) is 13.1 Å². The number of amides is 1. The maximum absolute atomic E-state index is 12.9. The van der Waals surface area contributed by atoms with Crippen molar-refractivity contribution in [2.75, 3.05) is 7.11 Å². The lowest BCUT2D eigenvalue weighted by atomic mass is 10.2. The summed E-state index contributed by atoms with van der Waals surface area (Å²) in [5.41, 5.74) is 0.984. The Labute approximate surface area is 184 Å². The van der Waals surface area contributed by atoms with Gasteiger partial charge in [0.2, 0.25) is 10.0 Å². The van der Waals surface area contributed by atoms with E-state index < -0.39 is 10.0 Å². The highest BCUT2D eigenvalue weighted by atomic mass is 35.5. The van der Waals surface area contributed by atoms with Crippen molar-refractivity contribution in [3.8, 4) is 5.75 Å². The third-order valence-corrected chi connectivity index (χ3v) is 6.99. The van der Waals surface area contributed by atoms with E-state index >= 15 is 0 Å². The van der Waals surface area contributed by atoms with Crippen molar-refractivity contribution in [2.45, 2.75) is 24.9 Å². The standard InChI is InChI=1S/C21H21ClN2O4S2/c1-14-3-9-18(29-14)13-23-21(25)16-6-10-19(28-2)20(11-16)30(26,27)24-12-15-4-7-17(22)8-5-15/h3-11,24H,12-13H2,1-2H3,(H,23,25). The molecule has 2 N–H and O–H groups in total. The Morgan fingerprint density at radius 1 is 1.07 bits per heavy atom. The van der Waals surface area contributed by atoms with Gasteiger partial charge in [-0.2, -0.15) is 0 Å². The summed E-state index contributed by atoms with van der Waals surface area (Å²) in [7, 11) is -2.54. The quantitative estimate of drug-likeness (QED) is 0.525. The SMILES string of the molecule is COc1ccc(C(=O)NCc2ccc(C)s2)cc1S(=O)(=O)NCc1ccc(Cl)cc1. The molecule has 1 heterocycles. The molecular weight excluding hydrogens is 444 g/mol. The minimum absolute atomic E-state index is 0.0802. The molecule has 1 amide bonds. The molecule has 3 aromatic rings. The largest absolute Gasteiger partial charge is 0.495 e. The molecule has 0 saturated carbocycles. The van der Waals surface area contributed by atoms with E-state index in [-0.39, 0.29) is 28.7 Å². The van der Waals surface area contributed by atoms with Crippen LogP contribution in [0.4, 0.5) is 0 Å². The number of aryl methyl sites for hydroxylation is 1. The van der Waals surface area contributed by atoms with Gasteiger partial charge in [0, 0.05) is 26.9 Å². The van der Waals surface area contributed by atoms with E-state index in [4.69, 9.17) is 16.3 Å². The number of hydrogen-bond acceptors (Lipinski definition) is 5. The topological polar surface area (TPSA) is 84.5 Å². The summed E-state index contributed by atoms with van der Waals surface area (Å²) in [5, 5.41) is 3.38. The highest BCUT2D eigenvalue weighted by molar-refractivity contribution is 7.89. The number of thiophene rings is 1. The van der Waals surface area contributed by atoms with Crippen molar-refractivity contribution >= 4 is 38.9 Å². The van der Waals surface area contributed by atoms with Crippen LogP contribution in [0.25, 0.3) is 0 Å². The second-order valence-electron chi connectivity index (χ2n) is 6.51. The number of carbonyl (C=O) groups is 1. The highest BCUT2D eigenvalue weighted by Crippen LogP contribution is 2.25. The molecule has 0 saturated heterocycles. The first-order valence-corrected chi connectivity index (χ1v) is 11.7. The summed E-state index contributed by atoms with van der Waals surface area (Å²) >= 11 is 7.45. The molecule has 0 aliphatic carbocycles. The minimum atomic E-state index is -3.92. The fourth-order valence-electron chi connectivity index (χ4n) is 2.74. The van der Waals surface area contributed by atoms with Gasteiger partial charge in [-0.3, -0.25) is 4.79 Å². The number of halogens is 1. The molecule has 0 atom stereocenters. The summed E-state index contributed by atoms with van der Waals surface area (Å²) in [5.74, 6) is -0.207. The van der Waals surface area contributed by atoms with Crippen molar-refractivity contribution in [3.63, 3.8) is 0 Å². The number of benzene rings is 2. The van der Waals surface area contributed by atoms with E-state index in [1.807, 2.05) is 19.1 Å². The van der Waals surface area contributed by atoms with Gasteiger partial charge in [0.25, 0.3) is 5.91 Å². The average molecular weight is 465 g/mol. The zero-order chi connectivity index (χ0) is 21.7. The molecule has 0 fully saturated rings. The normalized spacial score (nSPS) is 11.3.